The second-order valence-electron chi connectivity index (χ2n) is 9.02. The topological polar surface area (TPSA) is 66.0 Å². The Morgan fingerprint density at radius 2 is 1.85 bits per heavy atom. The molecule has 2 fully saturated rings. The van der Waals surface area contributed by atoms with Crippen molar-refractivity contribution >= 4 is 17.5 Å². The lowest BCUT2D eigenvalue weighted by atomic mass is 9.78. The molecule has 2 aromatic rings. The van der Waals surface area contributed by atoms with Crippen molar-refractivity contribution in [1.29, 1.82) is 0 Å². The summed E-state index contributed by atoms with van der Waals surface area (Å²) >= 11 is 6.11. The number of ether oxygens (including phenoxy) is 4. The number of amides is 1. The Labute approximate surface area is 198 Å². The highest BCUT2D eigenvalue weighted by Crippen LogP contribution is 2.44. The summed E-state index contributed by atoms with van der Waals surface area (Å²) in [5.41, 5.74) is 0.333. The Morgan fingerprint density at radius 1 is 1.12 bits per heavy atom. The lowest BCUT2D eigenvalue weighted by Crippen LogP contribution is -2.59. The monoisotopic (exact) mass is 477 g/mol. The predicted molar refractivity (Wildman–Crippen MR) is 121 cm³/mol. The van der Waals surface area contributed by atoms with Gasteiger partial charge in [-0.3, -0.25) is 4.79 Å². The van der Waals surface area contributed by atoms with Gasteiger partial charge in [0.1, 0.15) is 11.9 Å². The third-order valence-corrected chi connectivity index (χ3v) is 6.28. The van der Waals surface area contributed by atoms with Gasteiger partial charge in [0.05, 0.1) is 25.4 Å². The van der Waals surface area contributed by atoms with Crippen LogP contribution in [0.5, 0.6) is 0 Å². The number of carbonyl (C=O) groups excluding carboxylic acids is 1. The molecule has 1 aliphatic carbocycles. The normalized spacial score (nSPS) is 28.3. The number of hydrogen-bond acceptors (Lipinski definition) is 5. The number of benzene rings is 2. The van der Waals surface area contributed by atoms with Crippen molar-refractivity contribution in [2.45, 2.75) is 69.6 Å². The molecule has 4 rings (SSSR count). The molecule has 1 amide bonds. The van der Waals surface area contributed by atoms with Gasteiger partial charge in [-0.15, -0.1) is 0 Å². The van der Waals surface area contributed by atoms with Gasteiger partial charge in [-0.05, 0) is 49.2 Å². The minimum atomic E-state index is -1.22. The van der Waals surface area contributed by atoms with Crippen molar-refractivity contribution in [3.05, 3.63) is 70.5 Å². The number of hydrogen-bond donors (Lipinski definition) is 1. The molecule has 1 aliphatic heterocycles. The molecule has 2 aromatic carbocycles. The van der Waals surface area contributed by atoms with E-state index in [1.165, 1.54) is 12.1 Å². The highest BCUT2D eigenvalue weighted by atomic mass is 35.5. The molecule has 1 unspecified atom stereocenters. The van der Waals surface area contributed by atoms with Gasteiger partial charge < -0.3 is 24.3 Å². The smallest absolute Gasteiger partial charge is 0.252 e. The Hall–Kier alpha value is -2.03. The van der Waals surface area contributed by atoms with Crippen molar-refractivity contribution in [3.63, 3.8) is 0 Å². The van der Waals surface area contributed by atoms with Crippen LogP contribution in [0, 0.1) is 5.82 Å². The average Bonchev–Trinajstić information content (AvgIpc) is 3.09. The Bertz CT molecular complexity index is 1000. The van der Waals surface area contributed by atoms with Crippen LogP contribution in [0.3, 0.4) is 0 Å². The molecular weight excluding hydrogens is 449 g/mol. The average molecular weight is 478 g/mol. The van der Waals surface area contributed by atoms with Gasteiger partial charge in [0.2, 0.25) is 0 Å². The first-order valence-electron chi connectivity index (χ1n) is 11.0. The van der Waals surface area contributed by atoms with Gasteiger partial charge in [-0.25, -0.2) is 4.39 Å². The maximum absolute atomic E-state index is 13.7. The molecule has 0 spiro atoms. The van der Waals surface area contributed by atoms with E-state index in [-0.39, 0.29) is 30.9 Å². The van der Waals surface area contributed by atoms with Crippen molar-refractivity contribution < 1.29 is 28.1 Å². The molecule has 1 saturated carbocycles. The van der Waals surface area contributed by atoms with Crippen LogP contribution < -0.4 is 5.32 Å². The predicted octanol–water partition coefficient (Wildman–Crippen LogP) is 4.38. The van der Waals surface area contributed by atoms with Crippen LogP contribution in [-0.4, -0.2) is 42.7 Å². The first-order chi connectivity index (χ1) is 15.7. The van der Waals surface area contributed by atoms with Crippen LogP contribution in [-0.2, 0) is 37.0 Å². The third kappa shape index (κ3) is 5.55. The molecular formula is C25H29ClFNO5. The quantitative estimate of drug-likeness (QED) is 0.641. The van der Waals surface area contributed by atoms with Crippen LogP contribution in [0.2, 0.25) is 5.02 Å². The van der Waals surface area contributed by atoms with Crippen molar-refractivity contribution in [3.8, 4) is 0 Å². The zero-order valence-corrected chi connectivity index (χ0v) is 19.7. The SMILES string of the molecule is CNC(=O)[C@@]1(OCc2cccc(F)c2)CC(OCc2cccc(Cl)c2)[C@@H]2OC(C)(C)O[C@@H]2C1. The molecule has 0 bridgehead atoms. The van der Waals surface area contributed by atoms with E-state index < -0.39 is 23.6 Å². The van der Waals surface area contributed by atoms with E-state index in [0.717, 1.165) is 5.56 Å². The summed E-state index contributed by atoms with van der Waals surface area (Å²) in [7, 11) is 1.57. The maximum Gasteiger partial charge on any atom is 0.252 e. The van der Waals surface area contributed by atoms with Crippen LogP contribution in [0.15, 0.2) is 48.5 Å². The summed E-state index contributed by atoms with van der Waals surface area (Å²) in [6.07, 6.45) is -0.650. The number of fused-ring (bicyclic) bond motifs is 1. The molecule has 8 heteroatoms. The molecule has 4 atom stereocenters. The van der Waals surface area contributed by atoms with Gasteiger partial charge in [0.15, 0.2) is 11.4 Å². The maximum atomic E-state index is 13.7. The summed E-state index contributed by atoms with van der Waals surface area (Å²) in [6.45, 7) is 4.06. The zero-order chi connectivity index (χ0) is 23.6. The lowest BCUT2D eigenvalue weighted by molar-refractivity contribution is -0.183. The lowest BCUT2D eigenvalue weighted by Gasteiger charge is -2.43. The van der Waals surface area contributed by atoms with E-state index in [1.807, 2.05) is 32.0 Å². The van der Waals surface area contributed by atoms with Crippen LogP contribution in [0.25, 0.3) is 0 Å². The Morgan fingerprint density at radius 3 is 2.55 bits per heavy atom. The van der Waals surface area contributed by atoms with Gasteiger partial charge in [0.25, 0.3) is 5.91 Å². The fourth-order valence-corrected chi connectivity index (χ4v) is 4.83. The summed E-state index contributed by atoms with van der Waals surface area (Å²) in [5, 5.41) is 3.34. The highest BCUT2D eigenvalue weighted by Gasteiger charge is 2.57. The molecule has 1 saturated heterocycles. The van der Waals surface area contributed by atoms with E-state index in [2.05, 4.69) is 5.32 Å². The van der Waals surface area contributed by atoms with Crippen LogP contribution in [0.4, 0.5) is 4.39 Å². The molecule has 6 nitrogen and oxygen atoms in total. The number of halogens is 2. The molecule has 178 valence electrons. The minimum absolute atomic E-state index is 0.0772. The van der Waals surface area contributed by atoms with Crippen LogP contribution in [0.1, 0.15) is 37.8 Å². The molecule has 0 aromatic heterocycles. The summed E-state index contributed by atoms with van der Waals surface area (Å²) in [4.78, 5) is 13.1. The van der Waals surface area contributed by atoms with E-state index >= 15 is 0 Å². The Kier molecular flexibility index (Phi) is 7.07. The molecule has 33 heavy (non-hydrogen) atoms. The van der Waals surface area contributed by atoms with E-state index in [1.54, 1.807) is 25.2 Å². The minimum Gasteiger partial charge on any atom is -0.371 e. The zero-order valence-electron chi connectivity index (χ0n) is 19.0. The second kappa shape index (κ2) is 9.68. The van der Waals surface area contributed by atoms with Crippen molar-refractivity contribution in [1.82, 2.24) is 5.32 Å². The summed E-state index contributed by atoms with van der Waals surface area (Å²) in [5.74, 6) is -1.44. The van der Waals surface area contributed by atoms with Crippen LogP contribution >= 0.6 is 11.6 Å². The molecule has 2 aliphatic rings. The van der Waals surface area contributed by atoms with Gasteiger partial charge in [-0.2, -0.15) is 0 Å². The standard InChI is InChI=1S/C25H29ClFNO5/c1-24(2)32-21-13-25(23(29)28-3,31-15-17-7-5-9-19(27)11-17)12-20(22(21)33-24)30-14-16-6-4-8-18(26)10-16/h4-11,20-22H,12-15H2,1-3H3,(H,28,29)/t20?,21-,22+,25-/m1/s1. The van der Waals surface area contributed by atoms with Crippen molar-refractivity contribution in [2.24, 2.45) is 0 Å². The van der Waals surface area contributed by atoms with Gasteiger partial charge >= 0.3 is 0 Å². The Balaban J connectivity index is 1.58. The number of nitrogens with one attached hydrogen (secondary N) is 1. The number of likely N-dealkylation sites (N-methyl/N-ethyl adjacent to an activating group) is 1. The van der Waals surface area contributed by atoms with Gasteiger partial charge in [0, 0.05) is 24.9 Å². The van der Waals surface area contributed by atoms with E-state index in [9.17, 15) is 9.18 Å². The van der Waals surface area contributed by atoms with E-state index in [4.69, 9.17) is 30.5 Å². The fraction of sp³-hybridized carbons (Fsp3) is 0.480. The second-order valence-corrected chi connectivity index (χ2v) is 9.45. The largest absolute Gasteiger partial charge is 0.371 e. The van der Waals surface area contributed by atoms with E-state index in [0.29, 0.717) is 23.6 Å². The molecule has 1 N–H and O–H groups in total. The summed E-state index contributed by atoms with van der Waals surface area (Å²) in [6, 6.07) is 13.6. The highest BCUT2D eigenvalue weighted by molar-refractivity contribution is 6.30. The molecule has 0 radical (unpaired) electrons. The molecule has 1 heterocycles. The first-order valence-corrected chi connectivity index (χ1v) is 11.4. The van der Waals surface area contributed by atoms with Gasteiger partial charge in [-0.1, -0.05) is 35.9 Å². The first kappa shape index (κ1) is 24.1. The number of carbonyl (C=O) groups is 1. The summed E-state index contributed by atoms with van der Waals surface area (Å²) < 4.78 is 38.4. The fourth-order valence-electron chi connectivity index (χ4n) is 4.61. The third-order valence-electron chi connectivity index (χ3n) is 6.05. The van der Waals surface area contributed by atoms with Crippen molar-refractivity contribution in [2.75, 3.05) is 7.05 Å². The number of rotatable bonds is 7.